The summed E-state index contributed by atoms with van der Waals surface area (Å²) in [6.07, 6.45) is 0.423. The van der Waals surface area contributed by atoms with Gasteiger partial charge >= 0.3 is 5.69 Å². The average Bonchev–Trinajstić information content (AvgIpc) is 3.05. The molecule has 0 unspecified atom stereocenters. The molecular formula is C20H16FN5O4. The SMILES string of the molecule is COc1ccc(Cn2c(=O)[nH]c3c(NC=O)nc(-c4cccc(O)c4)nc32)c(F)c1. The van der Waals surface area contributed by atoms with Crippen molar-refractivity contribution >= 4 is 23.4 Å². The number of phenols is 1. The van der Waals surface area contributed by atoms with E-state index < -0.39 is 11.5 Å². The molecule has 1 amide bonds. The van der Waals surface area contributed by atoms with Gasteiger partial charge in [-0.3, -0.25) is 9.36 Å². The van der Waals surface area contributed by atoms with Gasteiger partial charge in [0.05, 0.1) is 13.7 Å². The van der Waals surface area contributed by atoms with Crippen LogP contribution < -0.4 is 15.7 Å². The highest BCUT2D eigenvalue weighted by Crippen LogP contribution is 2.26. The third-order valence-electron chi connectivity index (χ3n) is 4.51. The topological polar surface area (TPSA) is 122 Å². The molecule has 2 aromatic heterocycles. The van der Waals surface area contributed by atoms with Gasteiger partial charge in [0.1, 0.15) is 22.8 Å². The molecule has 0 saturated heterocycles. The van der Waals surface area contributed by atoms with E-state index in [1.165, 1.54) is 35.9 Å². The number of nitrogens with zero attached hydrogens (tertiary/aromatic N) is 3. The maximum Gasteiger partial charge on any atom is 0.328 e. The van der Waals surface area contributed by atoms with Crippen LogP contribution in [0, 0.1) is 5.82 Å². The van der Waals surface area contributed by atoms with Gasteiger partial charge in [0.2, 0.25) is 6.41 Å². The number of rotatable bonds is 6. The van der Waals surface area contributed by atoms with Crippen molar-refractivity contribution in [2.75, 3.05) is 12.4 Å². The number of methoxy groups -OCH3 is 1. The van der Waals surface area contributed by atoms with E-state index >= 15 is 0 Å². The number of H-pyrrole nitrogens is 1. The highest BCUT2D eigenvalue weighted by molar-refractivity contribution is 5.90. The Morgan fingerprint density at radius 1 is 1.27 bits per heavy atom. The van der Waals surface area contributed by atoms with Crippen LogP contribution in [0.2, 0.25) is 0 Å². The number of nitrogens with one attached hydrogen (secondary N) is 2. The fourth-order valence-corrected chi connectivity index (χ4v) is 3.06. The Bertz CT molecular complexity index is 1310. The number of hydrogen-bond acceptors (Lipinski definition) is 6. The Morgan fingerprint density at radius 3 is 2.80 bits per heavy atom. The van der Waals surface area contributed by atoms with Gasteiger partial charge in [0.25, 0.3) is 0 Å². The van der Waals surface area contributed by atoms with Crippen molar-refractivity contribution in [1.82, 2.24) is 19.5 Å². The number of halogens is 1. The van der Waals surface area contributed by atoms with E-state index in [-0.39, 0.29) is 40.7 Å². The number of hydrogen-bond donors (Lipinski definition) is 3. The van der Waals surface area contributed by atoms with E-state index in [4.69, 9.17) is 4.74 Å². The van der Waals surface area contributed by atoms with Crippen molar-refractivity contribution in [3.63, 3.8) is 0 Å². The second kappa shape index (κ2) is 7.66. The summed E-state index contributed by atoms with van der Waals surface area (Å²) < 4.78 is 20.7. The zero-order valence-corrected chi connectivity index (χ0v) is 15.7. The van der Waals surface area contributed by atoms with Crippen LogP contribution in [-0.4, -0.2) is 38.1 Å². The molecule has 0 aliphatic carbocycles. The maximum absolute atomic E-state index is 14.4. The number of aromatic amines is 1. The van der Waals surface area contributed by atoms with Crippen LogP contribution in [-0.2, 0) is 11.3 Å². The summed E-state index contributed by atoms with van der Waals surface area (Å²) in [7, 11) is 1.43. The van der Waals surface area contributed by atoms with Crippen molar-refractivity contribution in [2.24, 2.45) is 0 Å². The third-order valence-corrected chi connectivity index (χ3v) is 4.51. The standard InChI is InChI=1S/C20H16FN5O4/c1-30-14-6-5-12(15(21)8-14)9-26-19-16(23-20(26)29)18(22-10-27)24-17(25-19)11-3-2-4-13(28)7-11/h2-8,10,28H,9H2,1H3,(H,23,29)(H,22,24,25,27). The smallest absolute Gasteiger partial charge is 0.328 e. The normalized spacial score (nSPS) is 10.9. The highest BCUT2D eigenvalue weighted by atomic mass is 19.1. The van der Waals surface area contributed by atoms with Crippen LogP contribution in [0.3, 0.4) is 0 Å². The predicted molar refractivity (Wildman–Crippen MR) is 107 cm³/mol. The molecule has 0 aliphatic rings. The van der Waals surface area contributed by atoms with E-state index in [1.807, 2.05) is 0 Å². The molecular weight excluding hydrogens is 393 g/mol. The first-order valence-corrected chi connectivity index (χ1v) is 8.82. The molecule has 4 aromatic rings. The number of phenolic OH excluding ortho intramolecular Hbond substituents is 1. The van der Waals surface area contributed by atoms with Crippen molar-refractivity contribution < 1.29 is 19.0 Å². The summed E-state index contributed by atoms with van der Waals surface area (Å²) in [5.74, 6) is 0.0792. The lowest BCUT2D eigenvalue weighted by atomic mass is 10.2. The van der Waals surface area contributed by atoms with Gasteiger partial charge < -0.3 is 20.1 Å². The molecule has 0 radical (unpaired) electrons. The molecule has 30 heavy (non-hydrogen) atoms. The Morgan fingerprint density at radius 2 is 2.10 bits per heavy atom. The zero-order valence-electron chi connectivity index (χ0n) is 15.7. The number of fused-ring (bicyclic) bond motifs is 1. The van der Waals surface area contributed by atoms with Crippen LogP contribution in [0.1, 0.15) is 5.56 Å². The fourth-order valence-electron chi connectivity index (χ4n) is 3.06. The molecule has 0 spiro atoms. The van der Waals surface area contributed by atoms with Gasteiger partial charge in [-0.25, -0.2) is 19.2 Å². The quantitative estimate of drug-likeness (QED) is 0.420. The lowest BCUT2D eigenvalue weighted by Crippen LogP contribution is -2.18. The van der Waals surface area contributed by atoms with Gasteiger partial charge in [-0.1, -0.05) is 18.2 Å². The molecule has 0 fully saturated rings. The van der Waals surface area contributed by atoms with Gasteiger partial charge in [-0.2, -0.15) is 0 Å². The minimum Gasteiger partial charge on any atom is -0.508 e. The van der Waals surface area contributed by atoms with Crippen molar-refractivity contribution in [3.8, 4) is 22.9 Å². The summed E-state index contributed by atoms with van der Waals surface area (Å²) >= 11 is 0. The van der Waals surface area contributed by atoms with Crippen LogP contribution in [0.4, 0.5) is 10.2 Å². The molecule has 0 aliphatic heterocycles. The van der Waals surface area contributed by atoms with Crippen LogP contribution in [0.15, 0.2) is 47.3 Å². The number of aromatic hydroxyl groups is 1. The van der Waals surface area contributed by atoms with E-state index in [0.29, 0.717) is 17.7 Å². The molecule has 3 N–H and O–H groups in total. The number of imidazole rings is 1. The lowest BCUT2D eigenvalue weighted by Gasteiger charge is -2.09. The summed E-state index contributed by atoms with van der Waals surface area (Å²) in [6.45, 7) is -0.105. The van der Waals surface area contributed by atoms with Crippen LogP contribution in [0.25, 0.3) is 22.6 Å². The Kier molecular flexibility index (Phi) is 4.88. The molecule has 0 bridgehead atoms. The Labute approximate surface area is 168 Å². The molecule has 152 valence electrons. The van der Waals surface area contributed by atoms with E-state index in [0.717, 1.165) is 0 Å². The van der Waals surface area contributed by atoms with E-state index in [1.54, 1.807) is 18.2 Å². The Balaban J connectivity index is 1.89. The van der Waals surface area contributed by atoms with Gasteiger partial charge in [-0.15, -0.1) is 0 Å². The molecule has 0 saturated carbocycles. The minimum absolute atomic E-state index is 0.00727. The first-order valence-electron chi connectivity index (χ1n) is 8.82. The second-order valence-corrected chi connectivity index (χ2v) is 6.38. The molecule has 10 heteroatoms. The monoisotopic (exact) mass is 409 g/mol. The summed E-state index contributed by atoms with van der Waals surface area (Å²) in [6, 6.07) is 10.6. The van der Waals surface area contributed by atoms with Crippen LogP contribution >= 0.6 is 0 Å². The molecule has 2 aromatic carbocycles. The summed E-state index contributed by atoms with van der Waals surface area (Å²) in [5.41, 5.74) is 0.553. The largest absolute Gasteiger partial charge is 0.508 e. The number of benzene rings is 2. The first-order chi connectivity index (χ1) is 14.5. The van der Waals surface area contributed by atoms with Gasteiger partial charge in [0, 0.05) is 17.2 Å². The second-order valence-electron chi connectivity index (χ2n) is 6.38. The number of ether oxygens (including phenoxy) is 1. The number of aromatic nitrogens is 4. The van der Waals surface area contributed by atoms with Crippen molar-refractivity contribution in [1.29, 1.82) is 0 Å². The van der Waals surface area contributed by atoms with Gasteiger partial charge in [-0.05, 0) is 18.2 Å². The predicted octanol–water partition coefficient (Wildman–Crippen LogP) is 2.26. The van der Waals surface area contributed by atoms with Gasteiger partial charge in [0.15, 0.2) is 17.3 Å². The first kappa shape index (κ1) is 19.1. The van der Waals surface area contributed by atoms with E-state index in [9.17, 15) is 19.1 Å². The molecule has 9 nitrogen and oxygen atoms in total. The highest BCUT2D eigenvalue weighted by Gasteiger charge is 2.18. The molecule has 0 atom stereocenters. The van der Waals surface area contributed by atoms with Crippen molar-refractivity contribution in [3.05, 3.63) is 64.3 Å². The van der Waals surface area contributed by atoms with E-state index in [2.05, 4.69) is 20.3 Å². The fraction of sp³-hybridized carbons (Fsp3) is 0.100. The van der Waals surface area contributed by atoms with Crippen LogP contribution in [0.5, 0.6) is 11.5 Å². The minimum atomic E-state index is -0.545. The number of anilines is 1. The molecule has 2 heterocycles. The number of carbonyl (C=O) groups excluding carboxylic acids is 1. The summed E-state index contributed by atoms with van der Waals surface area (Å²) in [5, 5.41) is 12.2. The molecule has 4 rings (SSSR count). The lowest BCUT2D eigenvalue weighted by molar-refractivity contribution is -0.105. The zero-order chi connectivity index (χ0) is 21.3. The Hall–Kier alpha value is -4.21. The maximum atomic E-state index is 14.4. The third kappa shape index (κ3) is 3.46. The average molecular weight is 409 g/mol. The summed E-state index contributed by atoms with van der Waals surface area (Å²) in [4.78, 5) is 34.9. The number of amides is 1. The number of carbonyl (C=O) groups is 1. The van der Waals surface area contributed by atoms with Crippen molar-refractivity contribution in [2.45, 2.75) is 6.54 Å².